The van der Waals surface area contributed by atoms with Gasteiger partial charge >= 0.3 is 0 Å². The fourth-order valence-electron chi connectivity index (χ4n) is 8.10. The third kappa shape index (κ3) is 3.67. The maximum atomic E-state index is 2.57. The lowest BCUT2D eigenvalue weighted by atomic mass is 9.29. The quantitative estimate of drug-likeness (QED) is 0.195. The molecule has 0 unspecified atom stereocenters. The molecular formula is C42H34BN. The molecule has 9 rings (SSSR count). The van der Waals surface area contributed by atoms with Crippen LogP contribution < -0.4 is 21.3 Å². The average molecular weight is 564 g/mol. The molecule has 6 aromatic rings. The van der Waals surface area contributed by atoms with E-state index in [4.69, 9.17) is 0 Å². The first-order valence-corrected chi connectivity index (χ1v) is 15.9. The van der Waals surface area contributed by atoms with Crippen LogP contribution in [-0.2, 0) is 18.3 Å². The van der Waals surface area contributed by atoms with E-state index in [2.05, 4.69) is 153 Å². The molecular weight excluding hydrogens is 529 g/mol. The highest BCUT2D eigenvalue weighted by Gasteiger charge is 2.46. The Balaban J connectivity index is 1.32. The van der Waals surface area contributed by atoms with E-state index in [0.29, 0.717) is 0 Å². The van der Waals surface area contributed by atoms with Crippen molar-refractivity contribution in [2.45, 2.75) is 39.0 Å². The van der Waals surface area contributed by atoms with Crippen molar-refractivity contribution in [1.82, 2.24) is 0 Å². The van der Waals surface area contributed by atoms with Crippen LogP contribution in [0, 0.1) is 6.92 Å². The molecule has 0 aromatic heterocycles. The summed E-state index contributed by atoms with van der Waals surface area (Å²) in [5.74, 6) is 0. The lowest BCUT2D eigenvalue weighted by Gasteiger charge is -2.46. The first kappa shape index (κ1) is 25.7. The van der Waals surface area contributed by atoms with Gasteiger partial charge in [0.15, 0.2) is 0 Å². The van der Waals surface area contributed by atoms with Crippen molar-refractivity contribution in [2.75, 3.05) is 4.90 Å². The molecule has 0 fully saturated rings. The van der Waals surface area contributed by atoms with Crippen LogP contribution in [0.15, 0.2) is 127 Å². The number of hydrogen-bond donors (Lipinski definition) is 0. The van der Waals surface area contributed by atoms with Crippen molar-refractivity contribution in [2.24, 2.45) is 0 Å². The Morgan fingerprint density at radius 3 is 1.84 bits per heavy atom. The van der Waals surface area contributed by atoms with E-state index in [-0.39, 0.29) is 12.1 Å². The van der Waals surface area contributed by atoms with Gasteiger partial charge < -0.3 is 4.90 Å². The van der Waals surface area contributed by atoms with Crippen LogP contribution in [0.4, 0.5) is 17.1 Å². The topological polar surface area (TPSA) is 3.24 Å². The van der Waals surface area contributed by atoms with E-state index in [1.807, 2.05) is 0 Å². The number of anilines is 3. The van der Waals surface area contributed by atoms with Crippen LogP contribution in [0.5, 0.6) is 0 Å². The van der Waals surface area contributed by atoms with Gasteiger partial charge in [-0.15, -0.1) is 0 Å². The summed E-state index contributed by atoms with van der Waals surface area (Å²) in [4.78, 5) is 2.53. The summed E-state index contributed by atoms with van der Waals surface area (Å²) in [6.45, 7) is 7.35. The summed E-state index contributed by atoms with van der Waals surface area (Å²) in [6, 6.07) is 47.8. The Bertz CT molecular complexity index is 2090. The van der Waals surface area contributed by atoms with E-state index in [9.17, 15) is 0 Å². The van der Waals surface area contributed by atoms with Crippen molar-refractivity contribution >= 4 is 40.2 Å². The zero-order valence-electron chi connectivity index (χ0n) is 25.6. The lowest BCUT2D eigenvalue weighted by Crippen LogP contribution is -2.64. The Kier molecular flexibility index (Phi) is 5.45. The zero-order valence-corrected chi connectivity index (χ0v) is 25.6. The summed E-state index contributed by atoms with van der Waals surface area (Å²) in [5, 5.41) is 0. The molecule has 2 heterocycles. The predicted octanol–water partition coefficient (Wildman–Crippen LogP) is 8.37. The lowest BCUT2D eigenvalue weighted by molar-refractivity contribution is 0.640. The van der Waals surface area contributed by atoms with Crippen molar-refractivity contribution < 1.29 is 0 Å². The van der Waals surface area contributed by atoms with Gasteiger partial charge in [0, 0.05) is 22.5 Å². The van der Waals surface area contributed by atoms with E-state index in [1.165, 1.54) is 90.8 Å². The van der Waals surface area contributed by atoms with Crippen LogP contribution >= 0.6 is 0 Å². The van der Waals surface area contributed by atoms with Gasteiger partial charge in [-0.2, -0.15) is 0 Å². The maximum absolute atomic E-state index is 2.57. The highest BCUT2D eigenvalue weighted by Crippen LogP contribution is 2.44. The Morgan fingerprint density at radius 2 is 1.16 bits per heavy atom. The van der Waals surface area contributed by atoms with Gasteiger partial charge in [-0.05, 0) is 105 Å². The van der Waals surface area contributed by atoms with E-state index < -0.39 is 0 Å². The number of benzene rings is 6. The normalized spacial score (nSPS) is 15.1. The minimum Gasteiger partial charge on any atom is -0.312 e. The fourth-order valence-corrected chi connectivity index (χ4v) is 8.10. The van der Waals surface area contributed by atoms with Gasteiger partial charge in [0.05, 0.1) is 0 Å². The number of rotatable bonds is 3. The number of aryl methyl sites for hydroxylation is 3. The second-order valence-electron chi connectivity index (χ2n) is 13.4. The second kappa shape index (κ2) is 9.34. The Labute approximate surface area is 260 Å². The van der Waals surface area contributed by atoms with Crippen molar-refractivity contribution in [3.8, 4) is 22.3 Å². The van der Waals surface area contributed by atoms with Crippen LogP contribution in [0.3, 0.4) is 0 Å². The molecule has 44 heavy (non-hydrogen) atoms. The molecule has 210 valence electrons. The number of hydrogen-bond acceptors (Lipinski definition) is 1. The number of fused-ring (bicyclic) bond motifs is 5. The molecule has 0 amide bonds. The summed E-state index contributed by atoms with van der Waals surface area (Å²) >= 11 is 0. The minimum absolute atomic E-state index is 0.0794. The van der Waals surface area contributed by atoms with Gasteiger partial charge in [0.25, 0.3) is 0 Å². The molecule has 0 N–H and O–H groups in total. The molecule has 1 nitrogen and oxygen atoms in total. The molecule has 3 aliphatic rings. The van der Waals surface area contributed by atoms with Gasteiger partial charge in [0.2, 0.25) is 6.71 Å². The monoisotopic (exact) mass is 563 g/mol. The average Bonchev–Trinajstić information content (AvgIpc) is 3.04. The standard InChI is InChI=1S/C42H34BN/c1-27-22-36-41-40(23-27)44(34-19-16-30(17-20-34)28-10-6-4-7-11-28)39-21-18-32(29-12-8-5-9-13-29)26-38(39)43(41)37-25-33-15-14-31(33)24-35(37)42(36,2)3/h4-13,16-26H,14-15H2,1-3H3. The Hall–Kier alpha value is -4.82. The predicted molar refractivity (Wildman–Crippen MR) is 187 cm³/mol. The first-order chi connectivity index (χ1) is 21.5. The highest BCUT2D eigenvalue weighted by atomic mass is 15.1. The third-order valence-electron chi connectivity index (χ3n) is 10.4. The van der Waals surface area contributed by atoms with Crippen LogP contribution in [0.1, 0.15) is 41.7 Å². The van der Waals surface area contributed by atoms with Crippen molar-refractivity contribution in [3.63, 3.8) is 0 Å². The SMILES string of the molecule is Cc1cc2c3c(c1)C(C)(C)c1cc4c(cc1B3c1cc(-c3ccccc3)ccc1N2c1ccc(-c2ccccc2)cc1)CC4. The molecule has 1 aliphatic carbocycles. The van der Waals surface area contributed by atoms with Crippen LogP contribution in [0.2, 0.25) is 0 Å². The van der Waals surface area contributed by atoms with Crippen LogP contribution in [0.25, 0.3) is 22.3 Å². The third-order valence-corrected chi connectivity index (χ3v) is 10.4. The summed E-state index contributed by atoms with van der Waals surface area (Å²) in [7, 11) is 0. The minimum atomic E-state index is -0.0794. The maximum Gasteiger partial charge on any atom is 0.247 e. The molecule has 0 bridgehead atoms. The molecule has 0 atom stereocenters. The molecule has 0 spiro atoms. The largest absolute Gasteiger partial charge is 0.312 e. The van der Waals surface area contributed by atoms with E-state index in [0.717, 1.165) is 0 Å². The Morgan fingerprint density at radius 1 is 0.545 bits per heavy atom. The molecule has 0 saturated heterocycles. The molecule has 6 aromatic carbocycles. The first-order valence-electron chi connectivity index (χ1n) is 15.9. The fraction of sp³-hybridized carbons (Fsp3) is 0.143. The van der Waals surface area contributed by atoms with Gasteiger partial charge in [-0.3, -0.25) is 0 Å². The highest BCUT2D eigenvalue weighted by molar-refractivity contribution is 6.99. The second-order valence-corrected chi connectivity index (χ2v) is 13.4. The van der Waals surface area contributed by atoms with Crippen molar-refractivity contribution in [3.05, 3.63) is 155 Å². The summed E-state index contributed by atoms with van der Waals surface area (Å²) < 4.78 is 0. The van der Waals surface area contributed by atoms with E-state index >= 15 is 0 Å². The summed E-state index contributed by atoms with van der Waals surface area (Å²) in [5.41, 5.74) is 20.5. The van der Waals surface area contributed by atoms with Crippen LogP contribution in [-0.4, -0.2) is 6.71 Å². The van der Waals surface area contributed by atoms with Crippen molar-refractivity contribution in [1.29, 1.82) is 0 Å². The van der Waals surface area contributed by atoms with Gasteiger partial charge in [0.1, 0.15) is 0 Å². The van der Waals surface area contributed by atoms with Gasteiger partial charge in [-0.1, -0.05) is 122 Å². The molecule has 2 aliphatic heterocycles. The zero-order chi connectivity index (χ0) is 29.6. The number of nitrogens with zero attached hydrogens (tertiary/aromatic N) is 1. The molecule has 2 heteroatoms. The van der Waals surface area contributed by atoms with Gasteiger partial charge in [-0.25, -0.2) is 0 Å². The summed E-state index contributed by atoms with van der Waals surface area (Å²) in [6.07, 6.45) is 2.40. The molecule has 0 saturated carbocycles. The smallest absolute Gasteiger partial charge is 0.247 e. The van der Waals surface area contributed by atoms with E-state index in [1.54, 1.807) is 5.56 Å². The molecule has 0 radical (unpaired) electrons.